The molecule has 1 aromatic carbocycles. The molecular formula is C22H28N2O2. The van der Waals surface area contributed by atoms with Crippen molar-refractivity contribution in [3.63, 3.8) is 0 Å². The predicted molar refractivity (Wildman–Crippen MR) is 104 cm³/mol. The number of hydrogen-bond acceptors (Lipinski definition) is 4. The molecule has 3 fully saturated rings. The number of benzene rings is 1. The average molecular weight is 352 g/mol. The summed E-state index contributed by atoms with van der Waals surface area (Å²) in [5.74, 6) is 1.97. The second-order valence-electron chi connectivity index (χ2n) is 7.71. The van der Waals surface area contributed by atoms with Crippen molar-refractivity contribution in [1.82, 2.24) is 9.88 Å². The zero-order valence-corrected chi connectivity index (χ0v) is 15.7. The second kappa shape index (κ2) is 6.67. The molecule has 1 aromatic heterocycles. The van der Waals surface area contributed by atoms with Gasteiger partial charge in [-0.05, 0) is 67.5 Å². The lowest BCUT2D eigenvalue weighted by molar-refractivity contribution is -0.110. The van der Waals surface area contributed by atoms with Crippen LogP contribution < -0.4 is 4.74 Å². The van der Waals surface area contributed by atoms with Gasteiger partial charge in [-0.3, -0.25) is 9.88 Å². The Bertz CT molecular complexity index is 821. The third-order valence-corrected chi connectivity index (χ3v) is 6.61. The molecule has 2 aromatic rings. The summed E-state index contributed by atoms with van der Waals surface area (Å²) in [5, 5.41) is 12.9. The number of methoxy groups -OCH3 is 1. The van der Waals surface area contributed by atoms with Gasteiger partial charge in [0.25, 0.3) is 0 Å². The van der Waals surface area contributed by atoms with E-state index < -0.39 is 5.60 Å². The summed E-state index contributed by atoms with van der Waals surface area (Å²) in [4.78, 5) is 6.96. The van der Waals surface area contributed by atoms with Gasteiger partial charge < -0.3 is 9.84 Å². The first-order chi connectivity index (χ1) is 12.6. The lowest BCUT2D eigenvalue weighted by Crippen LogP contribution is -2.60. The summed E-state index contributed by atoms with van der Waals surface area (Å²) in [6.07, 6.45) is 6.82. The number of aliphatic hydroxyl groups is 1. The molecule has 0 radical (unpaired) electrons. The standard InChI is InChI=1S/C22H28N2O2/c1-4-15-14-24-11-9-16(15)12-21(24)22(25,5-2)19-8-10-23-20-7-6-17(26-3)13-18(19)20/h4,6-8,10,13,15-16,21,25H,1,5,9,11-12,14H2,2-3H3/t15-,16-,21+,22-/m0/s1. The van der Waals surface area contributed by atoms with Gasteiger partial charge in [0.2, 0.25) is 0 Å². The van der Waals surface area contributed by atoms with Crippen molar-refractivity contribution in [2.24, 2.45) is 11.8 Å². The van der Waals surface area contributed by atoms with Crippen molar-refractivity contribution in [2.75, 3.05) is 20.2 Å². The van der Waals surface area contributed by atoms with Crippen LogP contribution in [0.3, 0.4) is 0 Å². The fourth-order valence-electron chi connectivity index (χ4n) is 5.07. The van der Waals surface area contributed by atoms with Crippen molar-refractivity contribution in [3.8, 4) is 5.75 Å². The lowest BCUT2D eigenvalue weighted by Gasteiger charge is -2.54. The van der Waals surface area contributed by atoms with E-state index in [9.17, 15) is 5.11 Å². The first kappa shape index (κ1) is 17.5. The van der Waals surface area contributed by atoms with Gasteiger partial charge in [-0.25, -0.2) is 0 Å². The van der Waals surface area contributed by atoms with Gasteiger partial charge in [0.05, 0.1) is 12.6 Å². The molecular weight excluding hydrogens is 324 g/mol. The van der Waals surface area contributed by atoms with Crippen molar-refractivity contribution in [2.45, 2.75) is 37.8 Å². The van der Waals surface area contributed by atoms with E-state index in [-0.39, 0.29) is 6.04 Å². The van der Waals surface area contributed by atoms with Crippen LogP contribution in [0.4, 0.5) is 0 Å². The van der Waals surface area contributed by atoms with Crippen LogP contribution in [-0.4, -0.2) is 41.2 Å². The minimum Gasteiger partial charge on any atom is -0.497 e. The Balaban J connectivity index is 1.80. The average Bonchev–Trinajstić information content (AvgIpc) is 2.72. The molecule has 5 rings (SSSR count). The van der Waals surface area contributed by atoms with Crippen LogP contribution in [0.1, 0.15) is 31.7 Å². The van der Waals surface area contributed by atoms with Gasteiger partial charge in [-0.2, -0.15) is 0 Å². The van der Waals surface area contributed by atoms with E-state index in [1.807, 2.05) is 30.5 Å². The first-order valence-electron chi connectivity index (χ1n) is 9.63. The van der Waals surface area contributed by atoms with Gasteiger partial charge in [0.15, 0.2) is 0 Å². The third-order valence-electron chi connectivity index (χ3n) is 6.61. The number of nitrogens with zero attached hydrogens (tertiary/aromatic N) is 2. The summed E-state index contributed by atoms with van der Waals surface area (Å²) >= 11 is 0. The monoisotopic (exact) mass is 352 g/mol. The van der Waals surface area contributed by atoms with Crippen molar-refractivity contribution >= 4 is 10.9 Å². The van der Waals surface area contributed by atoms with Gasteiger partial charge in [0, 0.05) is 24.2 Å². The number of aromatic nitrogens is 1. The normalized spacial score (nSPS) is 30.1. The topological polar surface area (TPSA) is 45.6 Å². The Hall–Kier alpha value is -1.91. The fraction of sp³-hybridized carbons (Fsp3) is 0.500. The maximum atomic E-state index is 11.9. The summed E-state index contributed by atoms with van der Waals surface area (Å²) in [5.41, 5.74) is 0.977. The van der Waals surface area contributed by atoms with Crippen LogP contribution in [0.15, 0.2) is 43.1 Å². The van der Waals surface area contributed by atoms with E-state index in [0.717, 1.165) is 41.7 Å². The van der Waals surface area contributed by atoms with E-state index in [1.54, 1.807) is 7.11 Å². The van der Waals surface area contributed by atoms with E-state index in [4.69, 9.17) is 4.74 Å². The van der Waals surface area contributed by atoms with Gasteiger partial charge >= 0.3 is 0 Å². The predicted octanol–water partition coefficient (Wildman–Crippen LogP) is 3.74. The summed E-state index contributed by atoms with van der Waals surface area (Å²) in [7, 11) is 1.67. The Morgan fingerprint density at radius 1 is 1.42 bits per heavy atom. The van der Waals surface area contributed by atoms with Crippen LogP contribution in [0.25, 0.3) is 10.9 Å². The second-order valence-corrected chi connectivity index (χ2v) is 7.71. The smallest absolute Gasteiger partial charge is 0.119 e. The van der Waals surface area contributed by atoms with Crippen LogP contribution in [0.2, 0.25) is 0 Å². The molecule has 3 aliphatic rings. The highest BCUT2D eigenvalue weighted by Crippen LogP contribution is 2.46. The van der Waals surface area contributed by atoms with Crippen molar-refractivity contribution in [3.05, 3.63) is 48.7 Å². The zero-order valence-electron chi connectivity index (χ0n) is 15.7. The molecule has 4 heteroatoms. The van der Waals surface area contributed by atoms with E-state index in [0.29, 0.717) is 18.3 Å². The van der Waals surface area contributed by atoms with Gasteiger partial charge in [-0.15, -0.1) is 6.58 Å². The molecule has 2 bridgehead atoms. The molecule has 4 nitrogen and oxygen atoms in total. The fourth-order valence-corrected chi connectivity index (χ4v) is 5.07. The number of hydrogen-bond donors (Lipinski definition) is 1. The molecule has 3 aliphatic heterocycles. The number of fused-ring (bicyclic) bond motifs is 4. The van der Waals surface area contributed by atoms with Crippen molar-refractivity contribution < 1.29 is 9.84 Å². The largest absolute Gasteiger partial charge is 0.497 e. The van der Waals surface area contributed by atoms with Crippen molar-refractivity contribution in [1.29, 1.82) is 0 Å². The molecule has 1 unspecified atom stereocenters. The maximum Gasteiger partial charge on any atom is 0.119 e. The highest BCUT2D eigenvalue weighted by Gasteiger charge is 2.49. The number of rotatable bonds is 5. The third kappa shape index (κ3) is 2.63. The van der Waals surface area contributed by atoms with Crippen LogP contribution in [-0.2, 0) is 5.60 Å². The minimum atomic E-state index is -0.891. The van der Waals surface area contributed by atoms with E-state index in [1.165, 1.54) is 6.42 Å². The molecule has 0 aliphatic carbocycles. The molecule has 0 amide bonds. The quantitative estimate of drug-likeness (QED) is 0.833. The maximum absolute atomic E-state index is 11.9. The molecule has 0 saturated carbocycles. The van der Waals surface area contributed by atoms with Gasteiger partial charge in [-0.1, -0.05) is 13.0 Å². The van der Waals surface area contributed by atoms with Crippen LogP contribution in [0, 0.1) is 11.8 Å². The van der Waals surface area contributed by atoms with E-state index >= 15 is 0 Å². The first-order valence-corrected chi connectivity index (χ1v) is 9.63. The molecule has 1 N–H and O–H groups in total. The highest BCUT2D eigenvalue weighted by molar-refractivity contribution is 5.84. The Morgan fingerprint density at radius 3 is 2.92 bits per heavy atom. The molecule has 138 valence electrons. The van der Waals surface area contributed by atoms with Crippen LogP contribution >= 0.6 is 0 Å². The zero-order chi connectivity index (χ0) is 18.3. The molecule has 26 heavy (non-hydrogen) atoms. The summed E-state index contributed by atoms with van der Waals surface area (Å²) in [6.45, 7) is 8.17. The molecule has 4 heterocycles. The number of piperidine rings is 3. The van der Waals surface area contributed by atoms with E-state index in [2.05, 4.69) is 29.5 Å². The molecule has 5 atom stereocenters. The highest BCUT2D eigenvalue weighted by atomic mass is 16.5. The SMILES string of the molecule is C=C[C@H]1CN2CC[C@H]1C[C@@H]2[C@](O)(CC)c1ccnc2ccc(OC)cc12. The Labute approximate surface area is 155 Å². The minimum absolute atomic E-state index is 0.138. The summed E-state index contributed by atoms with van der Waals surface area (Å²) in [6, 6.07) is 8.01. The van der Waals surface area contributed by atoms with Crippen LogP contribution in [0.5, 0.6) is 5.75 Å². The summed E-state index contributed by atoms with van der Waals surface area (Å²) < 4.78 is 5.42. The number of pyridine rings is 1. The lowest BCUT2D eigenvalue weighted by atomic mass is 9.68. The Kier molecular flexibility index (Phi) is 4.49. The number of ether oxygens (including phenoxy) is 1. The molecule has 0 spiro atoms. The Morgan fingerprint density at radius 2 is 2.27 bits per heavy atom. The molecule has 3 saturated heterocycles. The van der Waals surface area contributed by atoms with Gasteiger partial charge in [0.1, 0.15) is 11.4 Å².